The monoisotopic (exact) mass is 348 g/mol. The summed E-state index contributed by atoms with van der Waals surface area (Å²) in [6.45, 7) is 0. The fourth-order valence-electron chi connectivity index (χ4n) is 2.86. The van der Waals surface area contributed by atoms with Gasteiger partial charge in [0.05, 0.1) is 5.56 Å². The highest BCUT2D eigenvalue weighted by Crippen LogP contribution is 2.35. The first-order valence-electron chi connectivity index (χ1n) is 7.75. The van der Waals surface area contributed by atoms with E-state index in [1.165, 1.54) is 0 Å². The molecule has 1 N–H and O–H groups in total. The lowest BCUT2D eigenvalue weighted by atomic mass is 9.97. The number of rotatable bonds is 3. The third kappa shape index (κ3) is 2.79. The number of halogens is 1. The summed E-state index contributed by atoms with van der Waals surface area (Å²) in [6.07, 6.45) is 0. The van der Waals surface area contributed by atoms with E-state index >= 15 is 0 Å². The van der Waals surface area contributed by atoms with Crippen LogP contribution in [-0.2, 0) is 0 Å². The normalized spacial score (nSPS) is 10.9. The topological polar surface area (TPSA) is 50.4 Å². The van der Waals surface area contributed by atoms with E-state index in [-0.39, 0.29) is 11.5 Å². The lowest BCUT2D eigenvalue weighted by Gasteiger charge is -2.04. The first kappa shape index (κ1) is 15.5. The number of aromatic hydroxyl groups is 1. The van der Waals surface area contributed by atoms with Gasteiger partial charge in [0, 0.05) is 21.5 Å². The molecule has 4 aromatic rings. The Hall–Kier alpha value is -3.04. The molecule has 4 heteroatoms. The summed E-state index contributed by atoms with van der Waals surface area (Å²) < 4.78 is 5.96. The second-order valence-electron chi connectivity index (χ2n) is 5.69. The average molecular weight is 349 g/mol. The zero-order valence-corrected chi connectivity index (χ0v) is 13.8. The Labute approximate surface area is 149 Å². The third-order valence-corrected chi connectivity index (χ3v) is 4.27. The van der Waals surface area contributed by atoms with Gasteiger partial charge in [-0.25, -0.2) is 0 Å². The van der Waals surface area contributed by atoms with Gasteiger partial charge in [-0.2, -0.15) is 0 Å². The predicted octanol–water partition coefficient (Wildman–Crippen LogP) is 5.69. The van der Waals surface area contributed by atoms with Crippen LogP contribution >= 0.6 is 11.6 Å². The van der Waals surface area contributed by atoms with Gasteiger partial charge in [0.2, 0.25) is 0 Å². The second-order valence-corrected chi connectivity index (χ2v) is 6.13. The van der Waals surface area contributed by atoms with Crippen molar-refractivity contribution in [3.63, 3.8) is 0 Å². The quantitative estimate of drug-likeness (QED) is 0.484. The van der Waals surface area contributed by atoms with E-state index in [0.717, 1.165) is 10.9 Å². The lowest BCUT2D eigenvalue weighted by Crippen LogP contribution is -2.02. The molecule has 3 nitrogen and oxygen atoms in total. The number of hydrogen-bond donors (Lipinski definition) is 1. The number of furan rings is 1. The van der Waals surface area contributed by atoms with Crippen molar-refractivity contribution in [2.75, 3.05) is 0 Å². The molecule has 0 unspecified atom stereocenters. The minimum atomic E-state index is -0.157. The van der Waals surface area contributed by atoms with Gasteiger partial charge < -0.3 is 9.52 Å². The van der Waals surface area contributed by atoms with Crippen LogP contribution < -0.4 is 0 Å². The molecule has 0 fully saturated rings. The SMILES string of the molecule is O=C(c1cccc(Cl)c1)c1c(-c2ccc(O)cc2)oc2ccccc12. The molecule has 0 amide bonds. The Kier molecular flexibility index (Phi) is 3.79. The van der Waals surface area contributed by atoms with Crippen LogP contribution in [0.25, 0.3) is 22.3 Å². The van der Waals surface area contributed by atoms with E-state index < -0.39 is 0 Å². The van der Waals surface area contributed by atoms with E-state index in [1.807, 2.05) is 24.3 Å². The summed E-state index contributed by atoms with van der Waals surface area (Å²) in [4.78, 5) is 13.2. The van der Waals surface area contributed by atoms with Crippen molar-refractivity contribution in [3.05, 3.63) is 88.9 Å². The van der Waals surface area contributed by atoms with Crippen molar-refractivity contribution in [2.24, 2.45) is 0 Å². The number of carbonyl (C=O) groups excluding carboxylic acids is 1. The van der Waals surface area contributed by atoms with E-state index in [0.29, 0.717) is 27.5 Å². The molecule has 3 aromatic carbocycles. The van der Waals surface area contributed by atoms with E-state index in [4.69, 9.17) is 16.0 Å². The van der Waals surface area contributed by atoms with Crippen LogP contribution in [-0.4, -0.2) is 10.9 Å². The molecule has 0 atom stereocenters. The van der Waals surface area contributed by atoms with Gasteiger partial charge in [-0.15, -0.1) is 0 Å². The van der Waals surface area contributed by atoms with Crippen LogP contribution in [0, 0.1) is 0 Å². The molecule has 0 spiro atoms. The van der Waals surface area contributed by atoms with Crippen molar-refractivity contribution in [1.29, 1.82) is 0 Å². The number of benzene rings is 3. The molecular formula is C21H13ClO3. The molecule has 0 aliphatic rings. The number of carbonyl (C=O) groups is 1. The minimum absolute atomic E-state index is 0.155. The number of phenolic OH excluding ortho intramolecular Hbond substituents is 1. The van der Waals surface area contributed by atoms with Crippen LogP contribution in [0.4, 0.5) is 0 Å². The standard InChI is InChI=1S/C21H13ClO3/c22-15-5-3-4-14(12-15)20(24)19-17-6-1-2-7-18(17)25-21(19)13-8-10-16(23)11-9-13/h1-12,23H. The van der Waals surface area contributed by atoms with Gasteiger partial charge in [-0.3, -0.25) is 4.79 Å². The smallest absolute Gasteiger partial charge is 0.197 e. The second kappa shape index (κ2) is 6.11. The molecule has 0 aliphatic heterocycles. The molecule has 0 radical (unpaired) electrons. The van der Waals surface area contributed by atoms with Crippen LogP contribution in [0.1, 0.15) is 15.9 Å². The zero-order valence-electron chi connectivity index (χ0n) is 13.1. The Morgan fingerprint density at radius 2 is 1.68 bits per heavy atom. The van der Waals surface area contributed by atoms with Crippen LogP contribution in [0.3, 0.4) is 0 Å². The number of ketones is 1. The first-order chi connectivity index (χ1) is 12.1. The van der Waals surface area contributed by atoms with Crippen LogP contribution in [0.2, 0.25) is 5.02 Å². The molecule has 0 saturated carbocycles. The summed E-state index contributed by atoms with van der Waals surface area (Å²) in [5.74, 6) is 0.476. The fourth-order valence-corrected chi connectivity index (χ4v) is 3.05. The molecule has 25 heavy (non-hydrogen) atoms. The highest BCUT2D eigenvalue weighted by molar-refractivity contribution is 6.31. The van der Waals surface area contributed by atoms with Gasteiger partial charge in [-0.1, -0.05) is 41.9 Å². The summed E-state index contributed by atoms with van der Waals surface area (Å²) in [5.41, 5.74) is 2.35. The number of phenols is 1. The van der Waals surface area contributed by atoms with Gasteiger partial charge in [0.25, 0.3) is 0 Å². The molecule has 0 saturated heterocycles. The van der Waals surface area contributed by atoms with Gasteiger partial charge in [0.15, 0.2) is 5.78 Å². The van der Waals surface area contributed by atoms with Crippen molar-refractivity contribution in [2.45, 2.75) is 0 Å². The van der Waals surface area contributed by atoms with Gasteiger partial charge in [0.1, 0.15) is 17.1 Å². The summed E-state index contributed by atoms with van der Waals surface area (Å²) in [7, 11) is 0. The van der Waals surface area contributed by atoms with Crippen molar-refractivity contribution in [3.8, 4) is 17.1 Å². The van der Waals surface area contributed by atoms with Crippen LogP contribution in [0.5, 0.6) is 5.75 Å². The predicted molar refractivity (Wildman–Crippen MR) is 98.2 cm³/mol. The Morgan fingerprint density at radius 3 is 2.44 bits per heavy atom. The summed E-state index contributed by atoms with van der Waals surface area (Å²) in [5, 5.41) is 10.8. The van der Waals surface area contributed by atoms with E-state index in [1.54, 1.807) is 48.5 Å². The van der Waals surface area contributed by atoms with Crippen molar-refractivity contribution >= 4 is 28.4 Å². The molecular weight excluding hydrogens is 336 g/mol. The highest BCUT2D eigenvalue weighted by Gasteiger charge is 2.23. The maximum atomic E-state index is 13.2. The van der Waals surface area contributed by atoms with E-state index in [9.17, 15) is 9.90 Å². The highest BCUT2D eigenvalue weighted by atomic mass is 35.5. The van der Waals surface area contributed by atoms with Crippen molar-refractivity contribution < 1.29 is 14.3 Å². The van der Waals surface area contributed by atoms with E-state index in [2.05, 4.69) is 0 Å². The Balaban J connectivity index is 1.96. The molecule has 0 aliphatic carbocycles. The maximum absolute atomic E-state index is 13.2. The summed E-state index contributed by atoms with van der Waals surface area (Å²) in [6, 6.07) is 20.9. The summed E-state index contributed by atoms with van der Waals surface area (Å²) >= 11 is 6.04. The average Bonchev–Trinajstić information content (AvgIpc) is 3.01. The van der Waals surface area contributed by atoms with Gasteiger partial charge in [-0.05, 0) is 42.5 Å². The molecule has 4 rings (SSSR count). The van der Waals surface area contributed by atoms with Gasteiger partial charge >= 0.3 is 0 Å². The van der Waals surface area contributed by atoms with Crippen LogP contribution in [0.15, 0.2) is 77.2 Å². The first-order valence-corrected chi connectivity index (χ1v) is 8.12. The fraction of sp³-hybridized carbons (Fsp3) is 0. The van der Waals surface area contributed by atoms with Crippen molar-refractivity contribution in [1.82, 2.24) is 0 Å². The largest absolute Gasteiger partial charge is 0.508 e. The third-order valence-electron chi connectivity index (χ3n) is 4.04. The zero-order chi connectivity index (χ0) is 17.4. The number of para-hydroxylation sites is 1. The number of hydrogen-bond acceptors (Lipinski definition) is 3. The molecule has 0 bridgehead atoms. The lowest BCUT2D eigenvalue weighted by molar-refractivity contribution is 0.104. The Morgan fingerprint density at radius 1 is 0.920 bits per heavy atom. The molecule has 122 valence electrons. The molecule has 1 aromatic heterocycles. The molecule has 1 heterocycles. The maximum Gasteiger partial charge on any atom is 0.197 e. The number of fused-ring (bicyclic) bond motifs is 1. The Bertz CT molecular complexity index is 1080. The minimum Gasteiger partial charge on any atom is -0.508 e.